The molecule has 0 rings (SSSR count). The molecule has 448 valence electrons. The van der Waals surface area contributed by atoms with Gasteiger partial charge in [-0.2, -0.15) is 0 Å². The van der Waals surface area contributed by atoms with Gasteiger partial charge in [-0.15, -0.1) is 0 Å². The molecule has 0 bridgehead atoms. The fourth-order valence-corrected chi connectivity index (χ4v) is 8.85. The molecular formula is C73H120O6. The Morgan fingerprint density at radius 2 is 0.519 bits per heavy atom. The van der Waals surface area contributed by atoms with E-state index >= 15 is 0 Å². The van der Waals surface area contributed by atoms with Crippen LogP contribution in [0.4, 0.5) is 0 Å². The molecule has 0 N–H and O–H groups in total. The number of allylic oxidation sites excluding steroid dienone is 22. The average molecular weight is 1090 g/mol. The molecule has 1 atom stereocenters. The second kappa shape index (κ2) is 66.1. The van der Waals surface area contributed by atoms with Gasteiger partial charge in [0.05, 0.1) is 0 Å². The van der Waals surface area contributed by atoms with Crippen LogP contribution < -0.4 is 0 Å². The zero-order chi connectivity index (χ0) is 57.1. The summed E-state index contributed by atoms with van der Waals surface area (Å²) in [5, 5.41) is 0. The standard InChI is InChI=1S/C73H120O6/c1-4-7-10-13-16-19-22-25-28-31-34-36-39-42-45-48-51-54-57-60-63-66-72(75)78-69-70(68-77-71(74)65-62-59-56-53-50-47-44-41-38-33-30-27-24-21-18-15-12-9-6-3)79-73(76)67-64-61-58-55-52-49-46-43-40-37-35-32-29-26-23-20-17-14-11-8-5-2/h7,9-10,12,16,18-19,21,25,27-28,30,34,36,38,41-42,45,47,50,56,59,70H,4-6,8,11,13-15,17,20,22-24,26,29,31-33,35,37,39-40,43-44,46,48-49,51-55,57-58,60-69H2,1-3H3/b10-7-,12-9-,19-16-,21-18-,28-25-,30-27-,36-34-,41-38-,45-42-,50-47-,59-56-. The topological polar surface area (TPSA) is 78.9 Å². The summed E-state index contributed by atoms with van der Waals surface area (Å²) in [4.78, 5) is 38.4. The predicted molar refractivity (Wildman–Crippen MR) is 343 cm³/mol. The Hall–Kier alpha value is -4.45. The first kappa shape index (κ1) is 74.5. The van der Waals surface area contributed by atoms with E-state index in [1.807, 2.05) is 6.08 Å². The average Bonchev–Trinajstić information content (AvgIpc) is 3.45. The number of hydrogen-bond acceptors (Lipinski definition) is 6. The Morgan fingerprint density at radius 1 is 0.266 bits per heavy atom. The summed E-state index contributed by atoms with van der Waals surface area (Å²) < 4.78 is 16.9. The first-order valence-electron chi connectivity index (χ1n) is 32.7. The lowest BCUT2D eigenvalue weighted by molar-refractivity contribution is -0.166. The predicted octanol–water partition coefficient (Wildman–Crippen LogP) is 22.5. The van der Waals surface area contributed by atoms with E-state index in [4.69, 9.17) is 14.2 Å². The van der Waals surface area contributed by atoms with Crippen LogP contribution in [0.2, 0.25) is 0 Å². The van der Waals surface area contributed by atoms with Crippen LogP contribution in [0.25, 0.3) is 0 Å². The molecule has 0 radical (unpaired) electrons. The molecule has 0 saturated heterocycles. The molecule has 0 aliphatic rings. The maximum absolute atomic E-state index is 12.9. The van der Waals surface area contributed by atoms with Crippen LogP contribution in [0, 0.1) is 0 Å². The van der Waals surface area contributed by atoms with Crippen LogP contribution in [0.3, 0.4) is 0 Å². The molecule has 0 amide bonds. The molecule has 0 saturated carbocycles. The normalized spacial score (nSPS) is 13.0. The van der Waals surface area contributed by atoms with Gasteiger partial charge in [0.15, 0.2) is 6.10 Å². The molecule has 0 fully saturated rings. The second-order valence-electron chi connectivity index (χ2n) is 21.3. The number of carbonyl (C=O) groups is 3. The van der Waals surface area contributed by atoms with Crippen molar-refractivity contribution in [3.05, 3.63) is 134 Å². The van der Waals surface area contributed by atoms with E-state index in [0.717, 1.165) is 128 Å². The number of carbonyl (C=O) groups excluding carboxylic acids is 3. The van der Waals surface area contributed by atoms with Gasteiger partial charge in [-0.1, -0.05) is 302 Å². The van der Waals surface area contributed by atoms with E-state index in [-0.39, 0.29) is 37.5 Å². The summed E-state index contributed by atoms with van der Waals surface area (Å²) in [5.41, 5.74) is 0. The molecule has 0 aromatic rings. The van der Waals surface area contributed by atoms with E-state index in [9.17, 15) is 14.4 Å². The van der Waals surface area contributed by atoms with Gasteiger partial charge in [-0.05, 0) is 103 Å². The zero-order valence-corrected chi connectivity index (χ0v) is 51.3. The Labute approximate surface area is 487 Å². The summed E-state index contributed by atoms with van der Waals surface area (Å²) in [6, 6.07) is 0. The van der Waals surface area contributed by atoms with Gasteiger partial charge in [0.2, 0.25) is 0 Å². The summed E-state index contributed by atoms with van der Waals surface area (Å²) in [7, 11) is 0. The summed E-state index contributed by atoms with van der Waals surface area (Å²) in [5.74, 6) is -1.01. The van der Waals surface area contributed by atoms with Crippen LogP contribution in [-0.4, -0.2) is 37.2 Å². The van der Waals surface area contributed by atoms with E-state index < -0.39 is 6.10 Å². The van der Waals surface area contributed by atoms with Gasteiger partial charge in [0.1, 0.15) is 13.2 Å². The Morgan fingerprint density at radius 3 is 0.848 bits per heavy atom. The van der Waals surface area contributed by atoms with Crippen LogP contribution in [0.15, 0.2) is 134 Å². The fourth-order valence-electron chi connectivity index (χ4n) is 8.85. The number of rotatable bonds is 58. The van der Waals surface area contributed by atoms with E-state index in [2.05, 4.69) is 148 Å². The SMILES string of the molecule is CC/C=C\C/C=C\C/C=C\C/C=C\C/C=C\C/C=C\CCC(=O)OCC(COC(=O)CCCCCCC/C=C\C/C=C\C/C=C\C/C=C\C/C=C\CC)OC(=O)CCCCCCCCCCCCCCCCCCCCCCC. The lowest BCUT2D eigenvalue weighted by Gasteiger charge is -2.18. The minimum atomic E-state index is -0.822. The number of unbranched alkanes of at least 4 members (excludes halogenated alkanes) is 25. The van der Waals surface area contributed by atoms with Crippen molar-refractivity contribution < 1.29 is 28.6 Å². The van der Waals surface area contributed by atoms with Crippen LogP contribution in [-0.2, 0) is 28.6 Å². The van der Waals surface area contributed by atoms with Crippen LogP contribution >= 0.6 is 0 Å². The molecule has 0 aromatic carbocycles. The maximum Gasteiger partial charge on any atom is 0.306 e. The van der Waals surface area contributed by atoms with Gasteiger partial charge in [-0.3, -0.25) is 14.4 Å². The van der Waals surface area contributed by atoms with Crippen molar-refractivity contribution in [1.82, 2.24) is 0 Å². The monoisotopic (exact) mass is 1090 g/mol. The largest absolute Gasteiger partial charge is 0.462 e. The fraction of sp³-hybridized carbons (Fsp3) is 0.658. The molecule has 0 spiro atoms. The van der Waals surface area contributed by atoms with Gasteiger partial charge < -0.3 is 14.2 Å². The minimum Gasteiger partial charge on any atom is -0.462 e. The third-order valence-corrected chi connectivity index (χ3v) is 13.7. The van der Waals surface area contributed by atoms with Crippen molar-refractivity contribution in [2.75, 3.05) is 13.2 Å². The summed E-state index contributed by atoms with van der Waals surface area (Å²) in [6.07, 6.45) is 93.3. The van der Waals surface area contributed by atoms with E-state index in [1.54, 1.807) is 0 Å². The van der Waals surface area contributed by atoms with Gasteiger partial charge >= 0.3 is 17.9 Å². The third kappa shape index (κ3) is 64.3. The summed E-state index contributed by atoms with van der Waals surface area (Å²) in [6.45, 7) is 6.36. The van der Waals surface area contributed by atoms with E-state index in [0.29, 0.717) is 19.3 Å². The second-order valence-corrected chi connectivity index (χ2v) is 21.3. The molecule has 0 aliphatic carbocycles. The molecular weight excluding hydrogens is 973 g/mol. The first-order valence-corrected chi connectivity index (χ1v) is 32.7. The summed E-state index contributed by atoms with van der Waals surface area (Å²) >= 11 is 0. The zero-order valence-electron chi connectivity index (χ0n) is 51.3. The Kier molecular flexibility index (Phi) is 62.3. The van der Waals surface area contributed by atoms with Gasteiger partial charge in [-0.25, -0.2) is 0 Å². The molecule has 0 heterocycles. The molecule has 6 nitrogen and oxygen atoms in total. The number of esters is 3. The quantitative estimate of drug-likeness (QED) is 0.0261. The molecule has 0 aromatic heterocycles. The highest BCUT2D eigenvalue weighted by molar-refractivity contribution is 5.71. The third-order valence-electron chi connectivity index (χ3n) is 13.7. The number of ether oxygens (including phenoxy) is 3. The van der Waals surface area contributed by atoms with Crippen LogP contribution in [0.5, 0.6) is 0 Å². The minimum absolute atomic E-state index is 0.114. The van der Waals surface area contributed by atoms with Crippen molar-refractivity contribution in [1.29, 1.82) is 0 Å². The van der Waals surface area contributed by atoms with Crippen molar-refractivity contribution in [3.8, 4) is 0 Å². The van der Waals surface area contributed by atoms with Gasteiger partial charge in [0, 0.05) is 19.3 Å². The van der Waals surface area contributed by atoms with Crippen molar-refractivity contribution in [2.45, 2.75) is 297 Å². The number of hydrogen-bond donors (Lipinski definition) is 0. The lowest BCUT2D eigenvalue weighted by atomic mass is 10.0. The molecule has 1 unspecified atom stereocenters. The maximum atomic E-state index is 12.9. The van der Waals surface area contributed by atoms with Crippen LogP contribution in [0.1, 0.15) is 290 Å². The Bertz CT molecular complexity index is 1680. The highest BCUT2D eigenvalue weighted by Gasteiger charge is 2.19. The smallest absolute Gasteiger partial charge is 0.306 e. The molecule has 6 heteroatoms. The molecule has 0 aliphatic heterocycles. The molecule has 79 heavy (non-hydrogen) atoms. The van der Waals surface area contributed by atoms with Crippen molar-refractivity contribution >= 4 is 17.9 Å². The van der Waals surface area contributed by atoms with Gasteiger partial charge in [0.25, 0.3) is 0 Å². The Balaban J connectivity index is 4.51. The van der Waals surface area contributed by atoms with Crippen molar-refractivity contribution in [3.63, 3.8) is 0 Å². The van der Waals surface area contributed by atoms with Crippen molar-refractivity contribution in [2.24, 2.45) is 0 Å². The van der Waals surface area contributed by atoms with E-state index in [1.165, 1.54) is 116 Å². The highest BCUT2D eigenvalue weighted by atomic mass is 16.6. The lowest BCUT2D eigenvalue weighted by Crippen LogP contribution is -2.30. The highest BCUT2D eigenvalue weighted by Crippen LogP contribution is 2.16. The first-order chi connectivity index (χ1) is 39.0.